The van der Waals surface area contributed by atoms with Crippen molar-refractivity contribution in [2.75, 3.05) is 7.05 Å². The minimum Gasteiger partial charge on any atom is -0.317 e. The zero-order valence-electron chi connectivity index (χ0n) is 8.28. The molecular weight excluding hydrogens is 134 g/mol. The zero-order valence-corrected chi connectivity index (χ0v) is 8.28. The predicted octanol–water partition coefficient (Wildman–Crippen LogP) is 2.42. The molecule has 0 aromatic carbocycles. The summed E-state index contributed by atoms with van der Waals surface area (Å²) in [6.07, 6.45) is 4.21. The first-order valence-corrected chi connectivity index (χ1v) is 4.70. The fourth-order valence-corrected chi connectivity index (χ4v) is 1.66. The first-order valence-electron chi connectivity index (χ1n) is 4.70. The molecule has 0 heterocycles. The van der Waals surface area contributed by atoms with Gasteiger partial charge in [-0.2, -0.15) is 0 Å². The van der Waals surface area contributed by atoms with E-state index in [-0.39, 0.29) is 0 Å². The van der Waals surface area contributed by atoms with Crippen molar-refractivity contribution in [3.8, 4) is 0 Å². The van der Waals surface area contributed by atoms with Gasteiger partial charge in [-0.1, -0.05) is 20.8 Å². The molecule has 1 N–H and O–H groups in total. The van der Waals surface area contributed by atoms with Crippen LogP contribution in [0, 0.1) is 11.3 Å². The van der Waals surface area contributed by atoms with Crippen LogP contribution in [0.15, 0.2) is 0 Å². The molecule has 1 saturated carbocycles. The van der Waals surface area contributed by atoms with Crippen molar-refractivity contribution in [3.05, 3.63) is 0 Å². The third kappa shape index (κ3) is 3.24. The van der Waals surface area contributed by atoms with E-state index in [4.69, 9.17) is 0 Å². The van der Waals surface area contributed by atoms with Gasteiger partial charge in [0.2, 0.25) is 0 Å². The van der Waals surface area contributed by atoms with E-state index in [0.717, 1.165) is 12.0 Å². The maximum absolute atomic E-state index is 3.42. The first kappa shape index (κ1) is 9.05. The van der Waals surface area contributed by atoms with Crippen LogP contribution in [-0.4, -0.2) is 13.1 Å². The summed E-state index contributed by atoms with van der Waals surface area (Å²) in [5.74, 6) is 0.985. The molecule has 1 atom stereocenters. The van der Waals surface area contributed by atoms with Crippen LogP contribution in [0.2, 0.25) is 0 Å². The van der Waals surface area contributed by atoms with Crippen LogP contribution >= 0.6 is 0 Å². The highest BCUT2D eigenvalue weighted by molar-refractivity contribution is 4.88. The Morgan fingerprint density at radius 1 is 1.36 bits per heavy atom. The summed E-state index contributed by atoms with van der Waals surface area (Å²) in [4.78, 5) is 0. The molecule has 0 saturated heterocycles. The highest BCUT2D eigenvalue weighted by atomic mass is 14.9. The molecule has 0 aromatic rings. The molecule has 1 aliphatic carbocycles. The minimum atomic E-state index is 0.482. The summed E-state index contributed by atoms with van der Waals surface area (Å²) in [5.41, 5.74) is 0.482. The Balaban J connectivity index is 2.31. The van der Waals surface area contributed by atoms with Crippen molar-refractivity contribution in [3.63, 3.8) is 0 Å². The second-order valence-electron chi connectivity index (χ2n) is 5.00. The summed E-state index contributed by atoms with van der Waals surface area (Å²) < 4.78 is 0. The monoisotopic (exact) mass is 155 g/mol. The maximum atomic E-state index is 3.42. The Labute approximate surface area is 70.6 Å². The molecular formula is C10H21N. The lowest BCUT2D eigenvalue weighted by molar-refractivity contribution is 0.299. The van der Waals surface area contributed by atoms with Crippen LogP contribution in [0.25, 0.3) is 0 Å². The second-order valence-corrected chi connectivity index (χ2v) is 5.00. The average molecular weight is 155 g/mol. The second kappa shape index (κ2) is 3.14. The summed E-state index contributed by atoms with van der Waals surface area (Å²) in [6, 6.07) is 0.773. The SMILES string of the molecule is CNC(CC(C)(C)C)C1CC1. The van der Waals surface area contributed by atoms with Crippen LogP contribution < -0.4 is 5.32 Å². The van der Waals surface area contributed by atoms with Gasteiger partial charge < -0.3 is 5.32 Å². The lowest BCUT2D eigenvalue weighted by atomic mass is 9.86. The molecule has 0 amide bonds. The van der Waals surface area contributed by atoms with E-state index in [1.807, 2.05) is 0 Å². The van der Waals surface area contributed by atoms with Gasteiger partial charge in [-0.05, 0) is 37.6 Å². The van der Waals surface area contributed by atoms with Gasteiger partial charge in [0.1, 0.15) is 0 Å². The standard InChI is InChI=1S/C10H21N/c1-10(2,3)7-9(11-4)8-5-6-8/h8-9,11H,5-7H2,1-4H3. The van der Waals surface area contributed by atoms with Gasteiger partial charge >= 0.3 is 0 Å². The van der Waals surface area contributed by atoms with Crippen molar-refractivity contribution in [1.82, 2.24) is 5.32 Å². The van der Waals surface area contributed by atoms with Crippen molar-refractivity contribution >= 4 is 0 Å². The van der Waals surface area contributed by atoms with Crippen molar-refractivity contribution in [2.24, 2.45) is 11.3 Å². The Morgan fingerprint density at radius 3 is 2.18 bits per heavy atom. The van der Waals surface area contributed by atoms with Gasteiger partial charge in [0.05, 0.1) is 0 Å². The van der Waals surface area contributed by atoms with Crippen LogP contribution in [-0.2, 0) is 0 Å². The van der Waals surface area contributed by atoms with Gasteiger partial charge in [-0.3, -0.25) is 0 Å². The van der Waals surface area contributed by atoms with E-state index in [9.17, 15) is 0 Å². The van der Waals surface area contributed by atoms with Gasteiger partial charge in [-0.15, -0.1) is 0 Å². The molecule has 1 nitrogen and oxygen atoms in total. The Bertz CT molecular complexity index is 119. The molecule has 0 radical (unpaired) electrons. The molecule has 1 rings (SSSR count). The summed E-state index contributed by atoms with van der Waals surface area (Å²) in [5, 5.41) is 3.42. The first-order chi connectivity index (χ1) is 5.03. The average Bonchev–Trinajstić information content (AvgIpc) is 2.61. The lowest BCUT2D eigenvalue weighted by Gasteiger charge is -2.25. The Hall–Kier alpha value is -0.0400. The fourth-order valence-electron chi connectivity index (χ4n) is 1.66. The third-order valence-corrected chi connectivity index (χ3v) is 2.39. The van der Waals surface area contributed by atoms with Gasteiger partial charge in [0.15, 0.2) is 0 Å². The quantitative estimate of drug-likeness (QED) is 0.660. The van der Waals surface area contributed by atoms with Crippen molar-refractivity contribution in [2.45, 2.75) is 46.1 Å². The molecule has 1 unspecified atom stereocenters. The van der Waals surface area contributed by atoms with E-state index in [0.29, 0.717) is 5.41 Å². The maximum Gasteiger partial charge on any atom is 0.00973 e. The van der Waals surface area contributed by atoms with Gasteiger partial charge in [-0.25, -0.2) is 0 Å². The largest absolute Gasteiger partial charge is 0.317 e. The van der Waals surface area contributed by atoms with E-state index in [1.165, 1.54) is 19.3 Å². The molecule has 0 aliphatic heterocycles. The van der Waals surface area contributed by atoms with Crippen LogP contribution in [0.4, 0.5) is 0 Å². The third-order valence-electron chi connectivity index (χ3n) is 2.39. The van der Waals surface area contributed by atoms with Gasteiger partial charge in [0.25, 0.3) is 0 Å². The molecule has 1 aliphatic rings. The van der Waals surface area contributed by atoms with Crippen molar-refractivity contribution in [1.29, 1.82) is 0 Å². The highest BCUT2D eigenvalue weighted by Gasteiger charge is 2.32. The zero-order chi connectivity index (χ0) is 8.48. The number of hydrogen-bond acceptors (Lipinski definition) is 1. The smallest absolute Gasteiger partial charge is 0.00973 e. The van der Waals surface area contributed by atoms with E-state index in [1.54, 1.807) is 0 Å². The van der Waals surface area contributed by atoms with E-state index < -0.39 is 0 Å². The van der Waals surface area contributed by atoms with Crippen molar-refractivity contribution < 1.29 is 0 Å². The predicted molar refractivity (Wildman–Crippen MR) is 49.6 cm³/mol. The number of hydrogen-bond donors (Lipinski definition) is 1. The summed E-state index contributed by atoms with van der Waals surface area (Å²) in [6.45, 7) is 6.96. The number of nitrogens with one attached hydrogen (secondary N) is 1. The fraction of sp³-hybridized carbons (Fsp3) is 1.00. The van der Waals surface area contributed by atoms with Crippen LogP contribution in [0.3, 0.4) is 0 Å². The Morgan fingerprint density at radius 2 is 1.91 bits per heavy atom. The molecule has 0 bridgehead atoms. The molecule has 1 fully saturated rings. The Kier molecular flexibility index (Phi) is 2.58. The topological polar surface area (TPSA) is 12.0 Å². The van der Waals surface area contributed by atoms with Crippen LogP contribution in [0.5, 0.6) is 0 Å². The molecule has 11 heavy (non-hydrogen) atoms. The lowest BCUT2D eigenvalue weighted by Crippen LogP contribution is -2.31. The summed E-state index contributed by atoms with van der Waals surface area (Å²) >= 11 is 0. The molecule has 1 heteroatoms. The summed E-state index contributed by atoms with van der Waals surface area (Å²) in [7, 11) is 2.09. The molecule has 66 valence electrons. The minimum absolute atomic E-state index is 0.482. The van der Waals surface area contributed by atoms with Crippen LogP contribution in [0.1, 0.15) is 40.0 Å². The molecule has 0 aromatic heterocycles. The van der Waals surface area contributed by atoms with Gasteiger partial charge in [0, 0.05) is 6.04 Å². The van der Waals surface area contributed by atoms with E-state index >= 15 is 0 Å². The highest BCUT2D eigenvalue weighted by Crippen LogP contribution is 2.37. The van der Waals surface area contributed by atoms with E-state index in [2.05, 4.69) is 33.1 Å². The normalized spacial score (nSPS) is 21.8. The molecule has 0 spiro atoms. The number of rotatable bonds is 3.